The van der Waals surface area contributed by atoms with Gasteiger partial charge in [0.1, 0.15) is 5.65 Å². The van der Waals surface area contributed by atoms with E-state index in [1.54, 1.807) is 19.5 Å². The van der Waals surface area contributed by atoms with Crippen LogP contribution in [0.1, 0.15) is 30.4 Å². The first kappa shape index (κ1) is 34.6. The molecule has 13 heteroatoms. The van der Waals surface area contributed by atoms with Crippen LogP contribution in [0, 0.1) is 5.92 Å². The van der Waals surface area contributed by atoms with Crippen molar-refractivity contribution in [3.63, 3.8) is 0 Å². The van der Waals surface area contributed by atoms with Crippen LogP contribution in [-0.4, -0.2) is 69.0 Å². The van der Waals surface area contributed by atoms with E-state index in [0.29, 0.717) is 78.4 Å². The second-order valence-electron chi connectivity index (χ2n) is 12.9. The van der Waals surface area contributed by atoms with Crippen LogP contribution in [0.2, 0.25) is 10.0 Å². The quantitative estimate of drug-likeness (QED) is 0.157. The number of carboxylic acids is 1. The normalized spacial score (nSPS) is 17.6. The summed E-state index contributed by atoms with van der Waals surface area (Å²) < 4.78 is 7.14. The molecule has 2 aliphatic rings. The van der Waals surface area contributed by atoms with E-state index >= 15 is 0 Å². The molecule has 5 heterocycles. The van der Waals surface area contributed by atoms with Gasteiger partial charge in [-0.3, -0.25) is 23.7 Å². The zero-order valence-electron chi connectivity index (χ0n) is 27.9. The molecule has 5 aromatic rings. The Morgan fingerprint density at radius 2 is 1.75 bits per heavy atom. The molecule has 0 radical (unpaired) electrons. The first-order chi connectivity index (χ1) is 24.7. The maximum Gasteiger partial charge on any atom is 0.307 e. The summed E-state index contributed by atoms with van der Waals surface area (Å²) in [4.78, 5) is 47.5. The van der Waals surface area contributed by atoms with Crippen LogP contribution in [0.5, 0.6) is 5.88 Å². The van der Waals surface area contributed by atoms with E-state index in [2.05, 4.69) is 15.6 Å². The number of carboxylic acid groups (broad SMARTS) is 1. The van der Waals surface area contributed by atoms with Gasteiger partial charge in [-0.15, -0.1) is 0 Å². The number of likely N-dealkylation sites (tertiary alicyclic amines) is 1. The summed E-state index contributed by atoms with van der Waals surface area (Å²) in [6.45, 7) is 2.58. The summed E-state index contributed by atoms with van der Waals surface area (Å²) in [5, 5.41) is 16.7. The molecule has 2 atom stereocenters. The Balaban J connectivity index is 1.12. The molecule has 2 fully saturated rings. The summed E-state index contributed by atoms with van der Waals surface area (Å²) in [6.07, 6.45) is 5.21. The van der Waals surface area contributed by atoms with Crippen molar-refractivity contribution >= 4 is 40.7 Å². The van der Waals surface area contributed by atoms with Gasteiger partial charge >= 0.3 is 5.97 Å². The van der Waals surface area contributed by atoms with Gasteiger partial charge in [-0.2, -0.15) is 0 Å². The molecule has 2 aliphatic heterocycles. The number of fused-ring (bicyclic) bond motifs is 1. The first-order valence-electron chi connectivity index (χ1n) is 16.8. The maximum absolute atomic E-state index is 13.3. The Morgan fingerprint density at radius 1 is 1.00 bits per heavy atom. The average Bonchev–Trinajstić information content (AvgIpc) is 3.79. The Bertz CT molecular complexity index is 2210. The molecule has 0 bridgehead atoms. The summed E-state index contributed by atoms with van der Waals surface area (Å²) in [5.41, 5.74) is 6.04. The van der Waals surface area contributed by atoms with Crippen molar-refractivity contribution in [3.8, 4) is 39.4 Å². The van der Waals surface area contributed by atoms with Gasteiger partial charge in [-0.1, -0.05) is 65.7 Å². The van der Waals surface area contributed by atoms with Gasteiger partial charge < -0.3 is 20.5 Å². The van der Waals surface area contributed by atoms with Crippen molar-refractivity contribution in [1.29, 1.82) is 0 Å². The molecule has 51 heavy (non-hydrogen) atoms. The van der Waals surface area contributed by atoms with Gasteiger partial charge in [0, 0.05) is 78.9 Å². The average molecular weight is 728 g/mol. The van der Waals surface area contributed by atoms with Crippen molar-refractivity contribution in [2.24, 2.45) is 5.92 Å². The number of rotatable bonds is 11. The molecule has 0 aliphatic carbocycles. The highest BCUT2D eigenvalue weighted by molar-refractivity contribution is 6.39. The van der Waals surface area contributed by atoms with E-state index in [9.17, 15) is 19.5 Å². The number of carbonyl (C=O) groups is 2. The molecule has 262 valence electrons. The minimum Gasteiger partial charge on any atom is -0.481 e. The number of nitrogens with zero attached hydrogens (tertiary/aromatic N) is 4. The van der Waals surface area contributed by atoms with Crippen molar-refractivity contribution in [2.75, 3.05) is 26.7 Å². The van der Waals surface area contributed by atoms with Crippen LogP contribution in [0.3, 0.4) is 0 Å². The summed E-state index contributed by atoms with van der Waals surface area (Å²) in [7, 11) is 1.58. The highest BCUT2D eigenvalue weighted by Gasteiger charge is 2.28. The van der Waals surface area contributed by atoms with Crippen LogP contribution in [-0.2, 0) is 22.7 Å². The molecular weight excluding hydrogens is 691 g/mol. The zero-order valence-corrected chi connectivity index (χ0v) is 29.4. The molecule has 1 amide bonds. The van der Waals surface area contributed by atoms with E-state index in [4.69, 9.17) is 32.9 Å². The lowest BCUT2D eigenvalue weighted by molar-refractivity contribution is -0.141. The summed E-state index contributed by atoms with van der Waals surface area (Å²) in [5.74, 6) is -0.653. The third-order valence-corrected chi connectivity index (χ3v) is 10.4. The Labute approximate surface area is 304 Å². The number of amides is 1. The van der Waals surface area contributed by atoms with Crippen LogP contribution in [0.25, 0.3) is 39.2 Å². The van der Waals surface area contributed by atoms with E-state index in [-0.39, 0.29) is 17.5 Å². The fourth-order valence-corrected chi connectivity index (χ4v) is 7.51. The van der Waals surface area contributed by atoms with E-state index in [0.717, 1.165) is 39.8 Å². The predicted octanol–water partition coefficient (Wildman–Crippen LogP) is 5.68. The zero-order chi connectivity index (χ0) is 35.6. The first-order valence-corrected chi connectivity index (χ1v) is 17.5. The van der Waals surface area contributed by atoms with Crippen LogP contribution in [0.15, 0.2) is 77.9 Å². The number of halogens is 2. The molecule has 2 aromatic carbocycles. The number of nitrogens with one attached hydrogen (secondary N) is 2. The highest BCUT2D eigenvalue weighted by atomic mass is 35.5. The molecular formula is C38H36Cl2N6O5. The monoisotopic (exact) mass is 726 g/mol. The van der Waals surface area contributed by atoms with Gasteiger partial charge in [0.15, 0.2) is 0 Å². The van der Waals surface area contributed by atoms with E-state index in [1.165, 1.54) is 4.40 Å². The molecule has 0 saturated carbocycles. The minimum atomic E-state index is -0.808. The van der Waals surface area contributed by atoms with Gasteiger partial charge in [-0.25, -0.2) is 9.97 Å². The van der Waals surface area contributed by atoms with Crippen LogP contribution in [0.4, 0.5) is 0 Å². The molecule has 2 saturated heterocycles. The summed E-state index contributed by atoms with van der Waals surface area (Å²) in [6, 6.07) is 19.1. The fourth-order valence-electron chi connectivity index (χ4n) is 6.85. The van der Waals surface area contributed by atoms with Crippen molar-refractivity contribution in [3.05, 3.63) is 105 Å². The Kier molecular flexibility index (Phi) is 10.1. The number of ether oxygens (including phenoxy) is 1. The highest BCUT2D eigenvalue weighted by Crippen LogP contribution is 2.42. The van der Waals surface area contributed by atoms with Gasteiger partial charge in [0.05, 0.1) is 34.3 Å². The number of hydrogen-bond acceptors (Lipinski definition) is 8. The number of carbonyl (C=O) groups excluding carboxylic acids is 1. The molecule has 11 nitrogen and oxygen atoms in total. The Hall–Kier alpha value is -4.81. The summed E-state index contributed by atoms with van der Waals surface area (Å²) >= 11 is 14.2. The number of aromatic nitrogens is 3. The molecule has 2 unspecified atom stereocenters. The van der Waals surface area contributed by atoms with Crippen LogP contribution < -0.4 is 20.9 Å². The van der Waals surface area contributed by atoms with Crippen LogP contribution >= 0.6 is 23.2 Å². The largest absolute Gasteiger partial charge is 0.481 e. The van der Waals surface area contributed by atoms with E-state index < -0.39 is 11.9 Å². The number of aliphatic carboxylic acids is 1. The second kappa shape index (κ2) is 14.8. The third kappa shape index (κ3) is 7.20. The molecule has 3 aromatic heterocycles. The molecule has 7 rings (SSSR count). The fraction of sp³-hybridized carbons (Fsp3) is 0.289. The smallest absolute Gasteiger partial charge is 0.307 e. The van der Waals surface area contributed by atoms with E-state index in [1.807, 2.05) is 65.6 Å². The molecule has 0 spiro atoms. The lowest BCUT2D eigenvalue weighted by Gasteiger charge is -2.16. The number of hydrogen-bond donors (Lipinski definition) is 3. The topological polar surface area (TPSA) is 138 Å². The number of methoxy groups -OCH3 is 1. The molecule has 3 N–H and O–H groups in total. The SMILES string of the molecule is COc1nc(-c2cccc(-c3cccc(-c4ccn5c(=O)c(CN6CCC(C(=O)O)C6)cnc5c4)c3Cl)c2Cl)ccc1CNCC1CCC(=O)N1. The standard InChI is InChI=1S/C38H36Cl2N6O5/c1-51-36-23(17-41-19-26-9-11-33(47)43-26)8-10-31(44-36)30-7-3-6-29(35(30)40)28-5-2-4-27(34(28)39)22-13-15-46-32(16-22)42-18-25(37(46)48)21-45-14-12-24(20-45)38(49)50/h2-8,10,13,15-16,18,24,26,41H,9,11-12,14,17,19-21H2,1H3,(H,43,47)(H,49,50). The number of pyridine rings is 2. The number of benzene rings is 2. The van der Waals surface area contributed by atoms with Gasteiger partial charge in [0.25, 0.3) is 5.56 Å². The van der Waals surface area contributed by atoms with Gasteiger partial charge in [-0.05, 0) is 43.1 Å². The van der Waals surface area contributed by atoms with Gasteiger partial charge in [0.2, 0.25) is 11.8 Å². The Morgan fingerprint density at radius 3 is 2.45 bits per heavy atom. The second-order valence-corrected chi connectivity index (χ2v) is 13.7. The lowest BCUT2D eigenvalue weighted by atomic mass is 9.97. The predicted molar refractivity (Wildman–Crippen MR) is 196 cm³/mol. The van der Waals surface area contributed by atoms with Crippen molar-refractivity contribution in [1.82, 2.24) is 29.9 Å². The lowest BCUT2D eigenvalue weighted by Crippen LogP contribution is -2.35. The maximum atomic E-state index is 13.3. The van der Waals surface area contributed by atoms with Crippen molar-refractivity contribution < 1.29 is 19.4 Å². The third-order valence-electron chi connectivity index (χ3n) is 9.59. The minimum absolute atomic E-state index is 0.0880. The van der Waals surface area contributed by atoms with Crippen molar-refractivity contribution in [2.45, 2.75) is 38.4 Å².